The number of thiol groups is 2. The third kappa shape index (κ3) is 17.2. The molecular weight excluding hydrogens is 697 g/mol. The molecule has 286 valence electrons. The van der Waals surface area contributed by atoms with Crippen LogP contribution in [-0.4, -0.2) is 125 Å². The van der Waals surface area contributed by atoms with E-state index in [1.807, 2.05) is 13.8 Å². The smallest absolute Gasteiger partial charge is 0.327 e. The van der Waals surface area contributed by atoms with E-state index in [-0.39, 0.29) is 49.2 Å². The van der Waals surface area contributed by atoms with Crippen molar-refractivity contribution in [3.8, 4) is 0 Å². The zero-order valence-electron chi connectivity index (χ0n) is 29.0. The molecule has 0 aliphatic heterocycles. The van der Waals surface area contributed by atoms with Gasteiger partial charge in [0.1, 0.15) is 36.3 Å². The fourth-order valence-corrected chi connectivity index (χ4v) is 4.63. The molecule has 50 heavy (non-hydrogen) atoms. The van der Waals surface area contributed by atoms with Gasteiger partial charge in [-0.15, -0.1) is 0 Å². The molecule has 6 amide bonds. The number of aliphatic hydroxyl groups is 1. The molecule has 0 aromatic rings. The number of carbonyl (C=O) groups is 7. The molecule has 0 bridgehead atoms. The Balaban J connectivity index is 5.88. The first-order chi connectivity index (χ1) is 23.3. The number of carboxylic acids is 1. The van der Waals surface area contributed by atoms with Gasteiger partial charge in [-0.25, -0.2) is 4.79 Å². The number of aliphatic imine (C=N–C) groups is 1. The van der Waals surface area contributed by atoms with Crippen LogP contribution in [0.4, 0.5) is 0 Å². The molecule has 19 nitrogen and oxygen atoms in total. The number of rotatable bonds is 23. The zero-order valence-corrected chi connectivity index (χ0v) is 30.8. The number of carboxylic acid groups (broad SMARTS) is 1. The van der Waals surface area contributed by atoms with Crippen LogP contribution in [0, 0.1) is 11.8 Å². The summed E-state index contributed by atoms with van der Waals surface area (Å²) in [6.07, 6.45) is 0.327. The Morgan fingerprint density at radius 3 is 1.68 bits per heavy atom. The average Bonchev–Trinajstić information content (AvgIpc) is 3.03. The lowest BCUT2D eigenvalue weighted by atomic mass is 10.0. The first-order valence-electron chi connectivity index (χ1n) is 16.0. The molecule has 0 aromatic carbocycles. The normalized spacial score (nSPS) is 15.3. The van der Waals surface area contributed by atoms with Gasteiger partial charge < -0.3 is 59.3 Å². The van der Waals surface area contributed by atoms with Crippen LogP contribution in [0.5, 0.6) is 0 Å². The Labute approximate surface area is 302 Å². The summed E-state index contributed by atoms with van der Waals surface area (Å²) in [6.45, 7) is 7.41. The third-order valence-electron chi connectivity index (χ3n) is 7.06. The maximum Gasteiger partial charge on any atom is 0.327 e. The summed E-state index contributed by atoms with van der Waals surface area (Å²) in [4.78, 5) is 93.0. The molecule has 0 aliphatic carbocycles. The molecule has 0 fully saturated rings. The van der Waals surface area contributed by atoms with Crippen molar-refractivity contribution in [2.45, 2.75) is 96.2 Å². The van der Waals surface area contributed by atoms with Crippen LogP contribution in [0.15, 0.2) is 4.99 Å². The quantitative estimate of drug-likeness (QED) is 0.0205. The summed E-state index contributed by atoms with van der Waals surface area (Å²) >= 11 is 7.90. The zero-order chi connectivity index (χ0) is 38.7. The molecule has 0 saturated heterocycles. The topological polar surface area (TPSA) is 323 Å². The maximum atomic E-state index is 13.4. The van der Waals surface area contributed by atoms with Gasteiger partial charge in [-0.3, -0.25) is 33.8 Å². The molecule has 21 heteroatoms. The number of nitrogens with one attached hydrogen (secondary N) is 6. The van der Waals surface area contributed by atoms with Crippen molar-refractivity contribution < 1.29 is 43.8 Å². The summed E-state index contributed by atoms with van der Waals surface area (Å²) in [5.41, 5.74) is 16.4. The molecule has 7 atom stereocenters. The van der Waals surface area contributed by atoms with Crippen LogP contribution in [0.3, 0.4) is 0 Å². The summed E-state index contributed by atoms with van der Waals surface area (Å²) in [5.74, 6) is -6.96. The van der Waals surface area contributed by atoms with E-state index in [4.69, 9.17) is 17.2 Å². The lowest BCUT2D eigenvalue weighted by Crippen LogP contribution is -2.60. The van der Waals surface area contributed by atoms with Gasteiger partial charge in [0, 0.05) is 18.1 Å². The summed E-state index contributed by atoms with van der Waals surface area (Å²) in [6, 6.07) is -8.65. The van der Waals surface area contributed by atoms with E-state index in [0.717, 1.165) is 0 Å². The first-order valence-corrected chi connectivity index (χ1v) is 17.2. The van der Waals surface area contributed by atoms with E-state index >= 15 is 0 Å². The average molecular weight is 751 g/mol. The third-order valence-corrected chi connectivity index (χ3v) is 7.82. The minimum atomic E-state index is -1.54. The van der Waals surface area contributed by atoms with Crippen LogP contribution < -0.4 is 49.1 Å². The predicted molar refractivity (Wildman–Crippen MR) is 192 cm³/mol. The molecule has 0 saturated carbocycles. The number of amides is 6. The van der Waals surface area contributed by atoms with Crippen molar-refractivity contribution in [1.29, 1.82) is 0 Å². The minimum Gasteiger partial charge on any atom is -0.480 e. The second kappa shape index (κ2) is 23.6. The number of nitrogens with two attached hydrogens (primary N) is 3. The van der Waals surface area contributed by atoms with Crippen molar-refractivity contribution in [1.82, 2.24) is 31.9 Å². The molecule has 14 N–H and O–H groups in total. The monoisotopic (exact) mass is 750 g/mol. The summed E-state index contributed by atoms with van der Waals surface area (Å²) in [5, 5.41) is 33.8. The highest BCUT2D eigenvalue weighted by Gasteiger charge is 2.33. The fourth-order valence-electron chi connectivity index (χ4n) is 4.22. The van der Waals surface area contributed by atoms with Crippen molar-refractivity contribution in [3.05, 3.63) is 0 Å². The number of aliphatic carboxylic acids is 1. The highest BCUT2D eigenvalue weighted by Crippen LogP contribution is 2.08. The van der Waals surface area contributed by atoms with Gasteiger partial charge in [-0.05, 0) is 38.0 Å². The molecule has 0 heterocycles. The number of hydrogen-bond acceptors (Lipinski definition) is 12. The minimum absolute atomic E-state index is 0.0215. The lowest BCUT2D eigenvalue weighted by molar-refractivity contribution is -0.142. The Hall–Kier alpha value is -3.82. The number of aliphatic hydroxyl groups excluding tert-OH is 1. The Kier molecular flexibility index (Phi) is 21.8. The first kappa shape index (κ1) is 46.2. The maximum absolute atomic E-state index is 13.4. The van der Waals surface area contributed by atoms with Crippen LogP contribution in [-0.2, 0) is 33.6 Å². The van der Waals surface area contributed by atoms with E-state index in [2.05, 4.69) is 62.2 Å². The van der Waals surface area contributed by atoms with Gasteiger partial charge in [0.2, 0.25) is 35.4 Å². The molecule has 0 aromatic heterocycles. The predicted octanol–water partition coefficient (Wildman–Crippen LogP) is -4.07. The van der Waals surface area contributed by atoms with Crippen LogP contribution in [0.1, 0.15) is 53.9 Å². The molecular formula is C29H54N10O9S2. The molecule has 0 aliphatic rings. The second-order valence-corrected chi connectivity index (χ2v) is 13.0. The van der Waals surface area contributed by atoms with Crippen molar-refractivity contribution >= 4 is 72.6 Å². The Morgan fingerprint density at radius 1 is 0.680 bits per heavy atom. The van der Waals surface area contributed by atoms with Gasteiger partial charge in [-0.2, -0.15) is 25.3 Å². The lowest BCUT2D eigenvalue weighted by Gasteiger charge is -2.27. The number of hydrogen-bond donors (Lipinski definition) is 13. The highest BCUT2D eigenvalue weighted by atomic mass is 32.1. The summed E-state index contributed by atoms with van der Waals surface area (Å²) in [7, 11) is 0. The van der Waals surface area contributed by atoms with Gasteiger partial charge in [0.15, 0.2) is 5.96 Å². The largest absolute Gasteiger partial charge is 0.480 e. The number of guanidine groups is 1. The molecule has 0 unspecified atom stereocenters. The van der Waals surface area contributed by atoms with Gasteiger partial charge >= 0.3 is 5.97 Å². The standard InChI is InChI=1S/C29H54N10O9S2/c1-13(2)9-18(36-23(42)16(30)11-49)25(44)37-19(10-40)26(45)35-17(7-6-8-33-29(31)32)24(43)34-15(5)22(41)39-21(14(3)4)27(46)38-20(12-50)28(47)48/h13-21,40,49-50H,6-12,30H2,1-5H3,(H,34,43)(H,35,45)(H,36,42)(H,37,44)(H,38,46)(H,39,41)(H,47,48)(H4,31,32,33)/t15-,16-,17-,18-,19-,20-,21-/m0/s1. The van der Waals surface area contributed by atoms with E-state index in [1.54, 1.807) is 13.8 Å². The van der Waals surface area contributed by atoms with E-state index in [9.17, 15) is 43.8 Å². The number of carbonyl (C=O) groups excluding carboxylic acids is 6. The Bertz CT molecular complexity index is 1200. The van der Waals surface area contributed by atoms with Crippen molar-refractivity contribution in [2.75, 3.05) is 24.7 Å². The van der Waals surface area contributed by atoms with Gasteiger partial charge in [0.05, 0.1) is 12.6 Å². The van der Waals surface area contributed by atoms with Crippen LogP contribution >= 0.6 is 25.3 Å². The van der Waals surface area contributed by atoms with Crippen LogP contribution in [0.25, 0.3) is 0 Å². The van der Waals surface area contributed by atoms with Gasteiger partial charge in [-0.1, -0.05) is 27.7 Å². The SMILES string of the molecule is CC(C)C[C@H](NC(=O)[C@@H](N)CS)C(=O)N[C@@H](CO)C(=O)N[C@@H](CCCN=C(N)N)C(=O)N[C@@H](C)C(=O)N[C@H](C(=O)N[C@@H](CS)C(=O)O)C(C)C. The highest BCUT2D eigenvalue weighted by molar-refractivity contribution is 7.80. The number of nitrogens with zero attached hydrogens (tertiary/aromatic N) is 1. The van der Waals surface area contributed by atoms with Crippen molar-refractivity contribution in [2.24, 2.45) is 34.0 Å². The van der Waals surface area contributed by atoms with E-state index in [1.165, 1.54) is 6.92 Å². The molecule has 0 radical (unpaired) electrons. The van der Waals surface area contributed by atoms with Crippen molar-refractivity contribution in [3.63, 3.8) is 0 Å². The Morgan fingerprint density at radius 2 is 1.20 bits per heavy atom. The van der Waals surface area contributed by atoms with Gasteiger partial charge in [0.25, 0.3) is 0 Å². The van der Waals surface area contributed by atoms with Crippen LogP contribution in [0.2, 0.25) is 0 Å². The fraction of sp³-hybridized carbons (Fsp3) is 0.724. The summed E-state index contributed by atoms with van der Waals surface area (Å²) < 4.78 is 0. The van der Waals surface area contributed by atoms with E-state index in [0.29, 0.717) is 0 Å². The second-order valence-electron chi connectivity index (χ2n) is 12.3. The molecule has 0 spiro atoms. The molecule has 0 rings (SSSR count). The van der Waals surface area contributed by atoms with E-state index < -0.39 is 96.2 Å².